The summed E-state index contributed by atoms with van der Waals surface area (Å²) in [5.41, 5.74) is 1.39. The van der Waals surface area contributed by atoms with Gasteiger partial charge in [0.15, 0.2) is 0 Å². The predicted molar refractivity (Wildman–Crippen MR) is 121 cm³/mol. The van der Waals surface area contributed by atoms with Crippen LogP contribution in [0, 0.1) is 11.3 Å². The van der Waals surface area contributed by atoms with E-state index in [0.717, 1.165) is 17.6 Å². The van der Waals surface area contributed by atoms with Crippen LogP contribution in [-0.4, -0.2) is 61.8 Å². The number of rotatable bonds is 15. The number of hydrogen-bond donors (Lipinski definition) is 0. The van der Waals surface area contributed by atoms with Gasteiger partial charge in [0.2, 0.25) is 0 Å². The van der Waals surface area contributed by atoms with Gasteiger partial charge in [0.1, 0.15) is 0 Å². The van der Waals surface area contributed by atoms with Gasteiger partial charge in [0.25, 0.3) is 0 Å². The van der Waals surface area contributed by atoms with Crippen LogP contribution < -0.4 is 0 Å². The molecule has 0 aliphatic rings. The molecule has 0 saturated heterocycles. The van der Waals surface area contributed by atoms with Crippen molar-refractivity contribution in [3.8, 4) is 0 Å². The zero-order valence-corrected chi connectivity index (χ0v) is 20.5. The van der Waals surface area contributed by atoms with E-state index in [1.165, 1.54) is 10.1 Å². The third-order valence-corrected chi connectivity index (χ3v) is 4.17. The summed E-state index contributed by atoms with van der Waals surface area (Å²) in [4.78, 5) is 35.5. The van der Waals surface area contributed by atoms with E-state index >= 15 is 0 Å². The van der Waals surface area contributed by atoms with Crippen LogP contribution in [0.3, 0.4) is 0 Å². The zero-order chi connectivity index (χ0) is 24.0. The number of hydroxylamine groups is 4. The minimum atomic E-state index is -0.508. The third kappa shape index (κ3) is 13.8. The molecule has 0 saturated carbocycles. The summed E-state index contributed by atoms with van der Waals surface area (Å²) in [5, 5.41) is 2.52. The fourth-order valence-corrected chi connectivity index (χ4v) is 2.97. The van der Waals surface area contributed by atoms with Crippen LogP contribution in [0.2, 0.25) is 0 Å². The molecule has 0 heterocycles. The maximum Gasteiger partial charge on any atom is 0.433 e. The molecule has 0 fully saturated rings. The lowest BCUT2D eigenvalue weighted by Crippen LogP contribution is -2.40. The molecule has 0 aliphatic carbocycles. The maximum atomic E-state index is 12.3. The first-order chi connectivity index (χ1) is 14.4. The Labute approximate surface area is 188 Å². The third-order valence-electron chi connectivity index (χ3n) is 4.17. The first kappa shape index (κ1) is 28.9. The highest BCUT2D eigenvalue weighted by molar-refractivity contribution is 5.66. The average molecular weight is 443 g/mol. The fourth-order valence-electron chi connectivity index (χ4n) is 2.97. The van der Waals surface area contributed by atoms with Gasteiger partial charge in [-0.2, -0.15) is 10.1 Å². The molecule has 1 atom stereocenters. The van der Waals surface area contributed by atoms with Gasteiger partial charge in [-0.1, -0.05) is 45.1 Å². The lowest BCUT2D eigenvalue weighted by molar-refractivity contribution is -0.145. The van der Waals surface area contributed by atoms with Crippen LogP contribution in [0.5, 0.6) is 0 Å². The van der Waals surface area contributed by atoms with E-state index in [1.54, 1.807) is 13.8 Å². The molecule has 0 radical (unpaired) electrons. The number of amides is 2. The van der Waals surface area contributed by atoms with E-state index in [9.17, 15) is 9.59 Å². The Balaban J connectivity index is 4.91. The largest absolute Gasteiger partial charge is 0.448 e. The quantitative estimate of drug-likeness (QED) is 0.251. The Hall–Kier alpha value is -2.06. The summed E-state index contributed by atoms with van der Waals surface area (Å²) in [6, 6.07) is 0. The standard InChI is InChI=1S/C23H42N2O6/c1-10-28-21(26)24(30-15-18(3)4)13-12-20(7)14-23(8,9)17-25(22(27)29-11-2)31-16-19(5)6/h20H,3,5,10-17H2,1-2,4,6-9H3. The molecule has 180 valence electrons. The van der Waals surface area contributed by atoms with Gasteiger partial charge in [-0.15, -0.1) is 0 Å². The number of carbonyl (C=O) groups excluding carboxylic acids is 2. The molecular weight excluding hydrogens is 400 g/mol. The van der Waals surface area contributed by atoms with Gasteiger partial charge in [0, 0.05) is 0 Å². The molecule has 0 spiro atoms. The highest BCUT2D eigenvalue weighted by atomic mass is 16.7. The second-order valence-electron chi connectivity index (χ2n) is 8.76. The Morgan fingerprint density at radius 2 is 1.35 bits per heavy atom. The van der Waals surface area contributed by atoms with Crippen molar-refractivity contribution >= 4 is 12.2 Å². The summed E-state index contributed by atoms with van der Waals surface area (Å²) in [7, 11) is 0. The van der Waals surface area contributed by atoms with E-state index in [2.05, 4.69) is 33.9 Å². The lowest BCUT2D eigenvalue weighted by Gasteiger charge is -2.33. The minimum Gasteiger partial charge on any atom is -0.448 e. The maximum absolute atomic E-state index is 12.3. The van der Waals surface area contributed by atoms with Crippen molar-refractivity contribution in [2.24, 2.45) is 11.3 Å². The molecule has 0 bridgehead atoms. The van der Waals surface area contributed by atoms with Crippen LogP contribution in [0.1, 0.15) is 61.3 Å². The zero-order valence-electron chi connectivity index (χ0n) is 20.5. The van der Waals surface area contributed by atoms with Crippen molar-refractivity contribution in [1.82, 2.24) is 10.1 Å². The van der Waals surface area contributed by atoms with Crippen LogP contribution in [0.25, 0.3) is 0 Å². The Bertz CT molecular complexity index is 591. The molecule has 8 nitrogen and oxygen atoms in total. The van der Waals surface area contributed by atoms with E-state index in [1.807, 2.05) is 13.8 Å². The molecule has 0 N–H and O–H groups in total. The van der Waals surface area contributed by atoms with Crippen LogP contribution in [-0.2, 0) is 19.1 Å². The summed E-state index contributed by atoms with van der Waals surface area (Å²) in [6.45, 7) is 22.9. The van der Waals surface area contributed by atoms with Crippen molar-refractivity contribution < 1.29 is 28.7 Å². The SMILES string of the molecule is C=C(C)CON(CCC(C)CC(C)(C)CN(OCC(=C)C)C(=O)OCC)C(=O)OCC. The number of hydrogen-bond acceptors (Lipinski definition) is 6. The van der Waals surface area contributed by atoms with Gasteiger partial charge in [-0.25, -0.2) is 9.59 Å². The molecule has 31 heavy (non-hydrogen) atoms. The molecular formula is C23H42N2O6. The van der Waals surface area contributed by atoms with Crippen molar-refractivity contribution in [2.75, 3.05) is 39.5 Å². The Morgan fingerprint density at radius 3 is 1.81 bits per heavy atom. The monoisotopic (exact) mass is 442 g/mol. The van der Waals surface area contributed by atoms with Gasteiger partial charge in [0.05, 0.1) is 39.5 Å². The normalized spacial score (nSPS) is 12.1. The van der Waals surface area contributed by atoms with Gasteiger partial charge in [-0.05, 0) is 51.9 Å². The summed E-state index contributed by atoms with van der Waals surface area (Å²) < 4.78 is 10.2. The molecule has 0 rings (SSSR count). The van der Waals surface area contributed by atoms with E-state index < -0.39 is 12.2 Å². The molecule has 0 aromatic rings. The Kier molecular flexibility index (Phi) is 13.9. The van der Waals surface area contributed by atoms with Crippen molar-refractivity contribution in [1.29, 1.82) is 0 Å². The van der Waals surface area contributed by atoms with Gasteiger partial charge >= 0.3 is 12.2 Å². The molecule has 0 aromatic carbocycles. The highest BCUT2D eigenvalue weighted by Gasteiger charge is 2.29. The van der Waals surface area contributed by atoms with Crippen molar-refractivity contribution in [2.45, 2.75) is 61.3 Å². The topological polar surface area (TPSA) is 77.5 Å². The van der Waals surface area contributed by atoms with Crippen LogP contribution >= 0.6 is 0 Å². The molecule has 1 unspecified atom stereocenters. The first-order valence-electron chi connectivity index (χ1n) is 10.8. The van der Waals surface area contributed by atoms with Crippen LogP contribution in [0.15, 0.2) is 24.3 Å². The van der Waals surface area contributed by atoms with Crippen LogP contribution in [0.4, 0.5) is 9.59 Å². The highest BCUT2D eigenvalue weighted by Crippen LogP contribution is 2.29. The van der Waals surface area contributed by atoms with Crippen molar-refractivity contribution in [3.63, 3.8) is 0 Å². The van der Waals surface area contributed by atoms with Gasteiger partial charge < -0.3 is 9.47 Å². The minimum absolute atomic E-state index is 0.241. The first-order valence-corrected chi connectivity index (χ1v) is 10.8. The van der Waals surface area contributed by atoms with E-state index in [0.29, 0.717) is 19.5 Å². The fraction of sp³-hybridized carbons (Fsp3) is 0.739. The summed E-state index contributed by atoms with van der Waals surface area (Å²) in [5.74, 6) is 0.255. The number of nitrogens with zero attached hydrogens (tertiary/aromatic N) is 2. The van der Waals surface area contributed by atoms with Gasteiger partial charge in [-0.3, -0.25) is 9.68 Å². The average Bonchev–Trinajstić information content (AvgIpc) is 2.64. The summed E-state index contributed by atoms with van der Waals surface area (Å²) in [6.07, 6.45) is 0.504. The van der Waals surface area contributed by atoms with Crippen molar-refractivity contribution in [3.05, 3.63) is 24.3 Å². The Morgan fingerprint density at radius 1 is 0.903 bits per heavy atom. The van der Waals surface area contributed by atoms with E-state index in [-0.39, 0.29) is 37.8 Å². The lowest BCUT2D eigenvalue weighted by atomic mass is 9.82. The molecule has 2 amide bonds. The molecule has 0 aromatic heterocycles. The molecule has 8 heteroatoms. The molecule has 0 aliphatic heterocycles. The summed E-state index contributed by atoms with van der Waals surface area (Å²) >= 11 is 0. The second-order valence-corrected chi connectivity index (χ2v) is 8.76. The van der Waals surface area contributed by atoms with E-state index in [4.69, 9.17) is 19.1 Å². The smallest absolute Gasteiger partial charge is 0.433 e. The second kappa shape index (κ2) is 14.9. The number of ether oxygens (including phenoxy) is 2. The predicted octanol–water partition coefficient (Wildman–Crippen LogP) is 5.36. The number of carbonyl (C=O) groups is 2.